The molecule has 0 bridgehead atoms. The Bertz CT molecular complexity index is 360. The predicted octanol–water partition coefficient (Wildman–Crippen LogP) is 2.95. The summed E-state index contributed by atoms with van der Waals surface area (Å²) in [5, 5.41) is 12.3. The summed E-state index contributed by atoms with van der Waals surface area (Å²) in [6.07, 6.45) is 3.48. The Hall–Kier alpha value is -0.510. The topological polar surface area (TPSA) is 32.3 Å². The number of rotatable bonds is 8. The molecule has 1 saturated carbocycles. The first-order chi connectivity index (χ1) is 9.29. The molecule has 0 aromatic heterocycles. The third kappa shape index (κ3) is 4.83. The highest BCUT2D eigenvalue weighted by molar-refractivity contribution is 7.99. The third-order valence-corrected chi connectivity index (χ3v) is 4.88. The molecular formula is C16H25NOS. The molecule has 0 atom stereocenters. The van der Waals surface area contributed by atoms with Crippen LogP contribution in [0.2, 0.25) is 0 Å². The molecule has 0 heterocycles. The molecule has 1 aromatic rings. The summed E-state index contributed by atoms with van der Waals surface area (Å²) in [6, 6.07) is 9.70. The number of thioether (sulfide) groups is 1. The van der Waals surface area contributed by atoms with E-state index >= 15 is 0 Å². The van der Waals surface area contributed by atoms with E-state index in [-0.39, 0.29) is 0 Å². The first-order valence-corrected chi connectivity index (χ1v) is 8.43. The largest absolute Gasteiger partial charge is 0.396 e. The van der Waals surface area contributed by atoms with E-state index < -0.39 is 0 Å². The van der Waals surface area contributed by atoms with Crippen molar-refractivity contribution in [1.82, 2.24) is 5.32 Å². The van der Waals surface area contributed by atoms with Gasteiger partial charge in [0.25, 0.3) is 0 Å². The van der Waals surface area contributed by atoms with Crippen molar-refractivity contribution in [3.63, 3.8) is 0 Å². The van der Waals surface area contributed by atoms with E-state index in [1.807, 2.05) is 11.8 Å². The first-order valence-electron chi connectivity index (χ1n) is 7.28. The Morgan fingerprint density at radius 2 is 1.95 bits per heavy atom. The Labute approximate surface area is 121 Å². The summed E-state index contributed by atoms with van der Waals surface area (Å²) in [5.74, 6) is 3.00. The lowest BCUT2D eigenvalue weighted by molar-refractivity contribution is 0.295. The summed E-state index contributed by atoms with van der Waals surface area (Å²) in [7, 11) is 0. The van der Waals surface area contributed by atoms with E-state index in [0.29, 0.717) is 12.6 Å². The lowest BCUT2D eigenvalue weighted by Crippen LogP contribution is -2.41. The summed E-state index contributed by atoms with van der Waals surface area (Å²) < 4.78 is 0. The van der Waals surface area contributed by atoms with Gasteiger partial charge in [-0.3, -0.25) is 0 Å². The van der Waals surface area contributed by atoms with Crippen LogP contribution in [0.4, 0.5) is 0 Å². The summed E-state index contributed by atoms with van der Waals surface area (Å²) in [5.41, 5.74) is 2.85. The second-order valence-corrected chi connectivity index (χ2v) is 6.64. The minimum Gasteiger partial charge on any atom is -0.396 e. The van der Waals surface area contributed by atoms with Gasteiger partial charge in [0, 0.05) is 24.9 Å². The molecule has 0 spiro atoms. The van der Waals surface area contributed by atoms with E-state index in [1.54, 1.807) is 0 Å². The van der Waals surface area contributed by atoms with Crippen LogP contribution in [0.25, 0.3) is 0 Å². The second-order valence-electron chi connectivity index (χ2n) is 5.42. The van der Waals surface area contributed by atoms with Crippen LogP contribution in [0.5, 0.6) is 0 Å². The van der Waals surface area contributed by atoms with E-state index in [0.717, 1.165) is 30.4 Å². The van der Waals surface area contributed by atoms with E-state index in [2.05, 4.69) is 36.5 Å². The van der Waals surface area contributed by atoms with Crippen molar-refractivity contribution in [3.8, 4) is 0 Å². The quantitative estimate of drug-likeness (QED) is 0.718. The van der Waals surface area contributed by atoms with Crippen LogP contribution in [0.15, 0.2) is 24.3 Å². The first kappa shape index (κ1) is 14.9. The van der Waals surface area contributed by atoms with Gasteiger partial charge < -0.3 is 10.4 Å². The molecule has 0 radical (unpaired) electrons. The van der Waals surface area contributed by atoms with Gasteiger partial charge in [0.05, 0.1) is 0 Å². The Morgan fingerprint density at radius 1 is 1.21 bits per heavy atom. The molecule has 0 aliphatic heterocycles. The highest BCUT2D eigenvalue weighted by Gasteiger charge is 2.29. The molecule has 1 aliphatic carbocycles. The lowest BCUT2D eigenvalue weighted by Gasteiger charge is -2.36. The minimum atomic E-state index is 0.321. The van der Waals surface area contributed by atoms with Gasteiger partial charge in [-0.1, -0.05) is 29.8 Å². The number of benzene rings is 1. The molecule has 2 nitrogen and oxygen atoms in total. The maximum atomic E-state index is 8.68. The number of aryl methyl sites for hydroxylation is 1. The SMILES string of the molecule is Cc1ccc(C2CC(NCCSCCCO)C2)cc1. The molecule has 1 fully saturated rings. The Morgan fingerprint density at radius 3 is 2.63 bits per heavy atom. The number of nitrogens with one attached hydrogen (secondary N) is 1. The van der Waals surface area contributed by atoms with Gasteiger partial charge in [-0.25, -0.2) is 0 Å². The highest BCUT2D eigenvalue weighted by atomic mass is 32.2. The zero-order valence-electron chi connectivity index (χ0n) is 11.8. The van der Waals surface area contributed by atoms with Crippen LogP contribution >= 0.6 is 11.8 Å². The van der Waals surface area contributed by atoms with Gasteiger partial charge in [0.2, 0.25) is 0 Å². The second kappa shape index (κ2) is 7.93. The van der Waals surface area contributed by atoms with Crippen molar-refractivity contribution < 1.29 is 5.11 Å². The predicted molar refractivity (Wildman–Crippen MR) is 84.0 cm³/mol. The van der Waals surface area contributed by atoms with Gasteiger partial charge in [-0.15, -0.1) is 0 Å². The van der Waals surface area contributed by atoms with Crippen LogP contribution in [0, 0.1) is 6.92 Å². The average Bonchev–Trinajstić information content (AvgIpc) is 2.37. The molecule has 3 heteroatoms. The molecule has 1 aromatic carbocycles. The van der Waals surface area contributed by atoms with Gasteiger partial charge >= 0.3 is 0 Å². The minimum absolute atomic E-state index is 0.321. The van der Waals surface area contributed by atoms with Crippen LogP contribution in [0.3, 0.4) is 0 Å². The molecule has 0 unspecified atom stereocenters. The van der Waals surface area contributed by atoms with Gasteiger partial charge in [-0.2, -0.15) is 11.8 Å². The van der Waals surface area contributed by atoms with Gasteiger partial charge in [0.15, 0.2) is 0 Å². The summed E-state index contributed by atoms with van der Waals surface area (Å²) in [6.45, 7) is 3.56. The molecule has 0 saturated heterocycles. The molecule has 2 N–H and O–H groups in total. The standard InChI is InChI=1S/C16H25NOS/c1-13-3-5-14(6-4-13)15-11-16(12-15)17-7-10-19-9-2-8-18/h3-6,15-18H,2,7-12H2,1H3. The van der Waals surface area contributed by atoms with E-state index in [1.165, 1.54) is 24.0 Å². The van der Waals surface area contributed by atoms with Gasteiger partial charge in [0.1, 0.15) is 0 Å². The van der Waals surface area contributed by atoms with Crippen LogP contribution in [-0.4, -0.2) is 35.8 Å². The van der Waals surface area contributed by atoms with E-state index in [4.69, 9.17) is 5.11 Å². The fourth-order valence-corrected chi connectivity index (χ4v) is 3.30. The van der Waals surface area contributed by atoms with Crippen molar-refractivity contribution in [2.45, 2.75) is 38.1 Å². The fraction of sp³-hybridized carbons (Fsp3) is 0.625. The normalized spacial score (nSPS) is 22.2. The van der Waals surface area contributed by atoms with Crippen molar-refractivity contribution >= 4 is 11.8 Å². The van der Waals surface area contributed by atoms with Crippen molar-refractivity contribution in [2.75, 3.05) is 24.7 Å². The maximum absolute atomic E-state index is 8.68. The molecule has 19 heavy (non-hydrogen) atoms. The Balaban J connectivity index is 1.55. The monoisotopic (exact) mass is 279 g/mol. The van der Waals surface area contributed by atoms with Crippen molar-refractivity contribution in [3.05, 3.63) is 35.4 Å². The summed E-state index contributed by atoms with van der Waals surface area (Å²) in [4.78, 5) is 0. The smallest absolute Gasteiger partial charge is 0.0438 e. The highest BCUT2D eigenvalue weighted by Crippen LogP contribution is 2.36. The van der Waals surface area contributed by atoms with Crippen LogP contribution < -0.4 is 5.32 Å². The third-order valence-electron chi connectivity index (χ3n) is 3.81. The number of hydrogen-bond donors (Lipinski definition) is 2. The lowest BCUT2D eigenvalue weighted by atomic mass is 9.76. The number of aliphatic hydroxyl groups excluding tert-OH is 1. The fourth-order valence-electron chi connectivity index (χ4n) is 2.50. The summed E-state index contributed by atoms with van der Waals surface area (Å²) >= 11 is 1.93. The average molecular weight is 279 g/mol. The van der Waals surface area contributed by atoms with Crippen LogP contribution in [0.1, 0.15) is 36.3 Å². The van der Waals surface area contributed by atoms with Gasteiger partial charge in [-0.05, 0) is 43.4 Å². The Kier molecular flexibility index (Phi) is 6.21. The van der Waals surface area contributed by atoms with E-state index in [9.17, 15) is 0 Å². The molecule has 2 rings (SSSR count). The molecule has 0 amide bonds. The zero-order chi connectivity index (χ0) is 13.5. The maximum Gasteiger partial charge on any atom is 0.0438 e. The molecule has 1 aliphatic rings. The number of hydrogen-bond acceptors (Lipinski definition) is 3. The molecule has 106 valence electrons. The number of aliphatic hydroxyl groups is 1. The molecular weight excluding hydrogens is 254 g/mol. The van der Waals surface area contributed by atoms with Crippen molar-refractivity contribution in [2.24, 2.45) is 0 Å². The van der Waals surface area contributed by atoms with Crippen LogP contribution in [-0.2, 0) is 0 Å². The zero-order valence-corrected chi connectivity index (χ0v) is 12.6. The van der Waals surface area contributed by atoms with Crippen molar-refractivity contribution in [1.29, 1.82) is 0 Å².